The number of nitrogens with zero attached hydrogens (tertiary/aromatic N) is 2. The summed E-state index contributed by atoms with van der Waals surface area (Å²) in [4.78, 5) is 25.2. The fourth-order valence-corrected chi connectivity index (χ4v) is 2.83. The van der Waals surface area contributed by atoms with E-state index in [-0.39, 0.29) is 28.3 Å². The Kier molecular flexibility index (Phi) is 5.28. The van der Waals surface area contributed by atoms with Crippen LogP contribution in [0.25, 0.3) is 0 Å². The highest BCUT2D eigenvalue weighted by Gasteiger charge is 2.37. The highest BCUT2D eigenvalue weighted by atomic mass is 16.6. The van der Waals surface area contributed by atoms with E-state index in [2.05, 4.69) is 0 Å². The maximum absolute atomic E-state index is 12.8. The number of carbonyl (C=O) groups excluding carboxylic acids is 1. The van der Waals surface area contributed by atoms with Gasteiger partial charge in [-0.3, -0.25) is 14.9 Å². The number of nitro benzene ring substituents is 1. The normalized spacial score (nSPS) is 20.1. The van der Waals surface area contributed by atoms with Gasteiger partial charge in [0.05, 0.1) is 24.7 Å². The van der Waals surface area contributed by atoms with Crippen molar-refractivity contribution in [3.05, 3.63) is 27.8 Å². The first kappa shape index (κ1) is 18.0. The zero-order valence-electron chi connectivity index (χ0n) is 14.2. The average molecular weight is 337 g/mol. The Hall–Kier alpha value is -2.35. The van der Waals surface area contributed by atoms with Gasteiger partial charge in [-0.05, 0) is 25.3 Å². The van der Waals surface area contributed by atoms with Crippen molar-refractivity contribution in [3.63, 3.8) is 0 Å². The maximum Gasteiger partial charge on any atom is 0.286 e. The summed E-state index contributed by atoms with van der Waals surface area (Å²) in [6, 6.07) is 2.62. The van der Waals surface area contributed by atoms with Gasteiger partial charge in [-0.1, -0.05) is 6.92 Å². The van der Waals surface area contributed by atoms with Crippen molar-refractivity contribution in [3.8, 4) is 11.5 Å². The Morgan fingerprint density at radius 3 is 2.67 bits per heavy atom. The zero-order valence-corrected chi connectivity index (χ0v) is 14.2. The van der Waals surface area contributed by atoms with Gasteiger partial charge in [0.25, 0.3) is 11.6 Å². The van der Waals surface area contributed by atoms with Crippen LogP contribution in [-0.2, 0) is 0 Å². The van der Waals surface area contributed by atoms with E-state index in [0.29, 0.717) is 32.0 Å². The number of methoxy groups -OCH3 is 1. The molecule has 1 unspecified atom stereocenters. The summed E-state index contributed by atoms with van der Waals surface area (Å²) in [6.07, 6.45) is 0.775. The van der Waals surface area contributed by atoms with Crippen molar-refractivity contribution < 1.29 is 19.2 Å². The van der Waals surface area contributed by atoms with Gasteiger partial charge in [0.2, 0.25) is 0 Å². The molecule has 1 saturated heterocycles. The number of nitro groups is 1. The number of amides is 1. The number of likely N-dealkylation sites (tertiary alicyclic amines) is 1. The number of benzene rings is 1. The first-order valence-electron chi connectivity index (χ1n) is 7.83. The third kappa shape index (κ3) is 3.43. The van der Waals surface area contributed by atoms with E-state index in [1.807, 2.05) is 6.92 Å². The molecule has 1 amide bonds. The minimum Gasteiger partial charge on any atom is -0.493 e. The smallest absolute Gasteiger partial charge is 0.286 e. The summed E-state index contributed by atoms with van der Waals surface area (Å²) < 4.78 is 10.6. The molecule has 1 atom stereocenters. The number of carbonyl (C=O) groups is 1. The van der Waals surface area contributed by atoms with Gasteiger partial charge in [-0.25, -0.2) is 0 Å². The first-order valence-corrected chi connectivity index (χ1v) is 7.83. The molecule has 1 aromatic carbocycles. The summed E-state index contributed by atoms with van der Waals surface area (Å²) in [5.74, 6) is 0.156. The van der Waals surface area contributed by atoms with Crippen LogP contribution in [0.1, 0.15) is 30.6 Å². The maximum atomic E-state index is 12.8. The molecule has 132 valence electrons. The summed E-state index contributed by atoms with van der Waals surface area (Å²) in [5, 5.41) is 11.4. The molecule has 0 spiro atoms. The molecule has 8 nitrogen and oxygen atoms in total. The number of rotatable bonds is 6. The van der Waals surface area contributed by atoms with Gasteiger partial charge < -0.3 is 20.1 Å². The van der Waals surface area contributed by atoms with Crippen LogP contribution < -0.4 is 15.2 Å². The quantitative estimate of drug-likeness (QED) is 0.626. The summed E-state index contributed by atoms with van der Waals surface area (Å²) in [6.45, 7) is 5.58. The number of ether oxygens (including phenoxy) is 2. The summed E-state index contributed by atoms with van der Waals surface area (Å²) in [7, 11) is 1.43. The molecule has 0 aromatic heterocycles. The van der Waals surface area contributed by atoms with Crippen LogP contribution in [0.2, 0.25) is 0 Å². The molecular formula is C16H23N3O5. The van der Waals surface area contributed by atoms with Crippen molar-refractivity contribution in [2.45, 2.75) is 20.3 Å². The largest absolute Gasteiger partial charge is 0.493 e. The topological polar surface area (TPSA) is 108 Å². The number of hydrogen-bond acceptors (Lipinski definition) is 6. The lowest BCUT2D eigenvalue weighted by atomic mass is 9.90. The lowest BCUT2D eigenvalue weighted by Crippen LogP contribution is -2.34. The minimum atomic E-state index is -0.576. The third-order valence-corrected chi connectivity index (χ3v) is 4.35. The summed E-state index contributed by atoms with van der Waals surface area (Å²) in [5.41, 5.74) is 5.33. The van der Waals surface area contributed by atoms with Crippen LogP contribution >= 0.6 is 0 Å². The van der Waals surface area contributed by atoms with Crippen LogP contribution in [0, 0.1) is 15.5 Å². The second kappa shape index (κ2) is 7.04. The lowest BCUT2D eigenvalue weighted by molar-refractivity contribution is -0.385. The van der Waals surface area contributed by atoms with E-state index in [0.717, 1.165) is 6.42 Å². The van der Waals surface area contributed by atoms with Crippen molar-refractivity contribution in [1.29, 1.82) is 0 Å². The highest BCUT2D eigenvalue weighted by Crippen LogP contribution is 2.37. The molecule has 8 heteroatoms. The predicted molar refractivity (Wildman–Crippen MR) is 88.5 cm³/mol. The third-order valence-electron chi connectivity index (χ3n) is 4.35. The van der Waals surface area contributed by atoms with Crippen molar-refractivity contribution >= 4 is 11.6 Å². The monoisotopic (exact) mass is 337 g/mol. The second-order valence-electron chi connectivity index (χ2n) is 6.20. The highest BCUT2D eigenvalue weighted by molar-refractivity contribution is 5.99. The molecule has 1 heterocycles. The molecule has 2 N–H and O–H groups in total. The number of hydrogen-bond donors (Lipinski definition) is 1. The molecule has 1 aromatic rings. The van der Waals surface area contributed by atoms with Crippen molar-refractivity contribution in [2.75, 3.05) is 33.4 Å². The van der Waals surface area contributed by atoms with Gasteiger partial charge in [0, 0.05) is 19.2 Å². The minimum absolute atomic E-state index is 0.00146. The van der Waals surface area contributed by atoms with Crippen LogP contribution in [0.15, 0.2) is 12.1 Å². The molecular weight excluding hydrogens is 314 g/mol. The SMILES string of the molecule is CCOc1cc([N+](=O)[O-])c(C(=O)N2CCC(C)(CN)C2)cc1OC. The van der Waals surface area contributed by atoms with Gasteiger partial charge in [-0.15, -0.1) is 0 Å². The van der Waals surface area contributed by atoms with Gasteiger partial charge >= 0.3 is 0 Å². The zero-order chi connectivity index (χ0) is 17.9. The van der Waals surface area contributed by atoms with Crippen LogP contribution in [0.5, 0.6) is 11.5 Å². The Bertz CT molecular complexity index is 649. The summed E-state index contributed by atoms with van der Waals surface area (Å²) >= 11 is 0. The van der Waals surface area contributed by atoms with Gasteiger partial charge in [0.1, 0.15) is 5.56 Å². The Morgan fingerprint density at radius 2 is 2.17 bits per heavy atom. The Balaban J connectivity index is 2.41. The molecule has 2 rings (SSSR count). The van der Waals surface area contributed by atoms with Crippen molar-refractivity contribution in [2.24, 2.45) is 11.1 Å². The molecule has 0 aliphatic carbocycles. The molecule has 0 radical (unpaired) electrons. The molecule has 0 saturated carbocycles. The average Bonchev–Trinajstić information content (AvgIpc) is 2.97. The van der Waals surface area contributed by atoms with Crippen molar-refractivity contribution in [1.82, 2.24) is 4.90 Å². The van der Waals surface area contributed by atoms with E-state index in [1.54, 1.807) is 11.8 Å². The Labute approximate surface area is 140 Å². The molecule has 0 bridgehead atoms. The van der Waals surface area contributed by atoms with Gasteiger partial charge in [0.15, 0.2) is 11.5 Å². The predicted octanol–water partition coefficient (Wildman–Crippen LogP) is 1.81. The van der Waals surface area contributed by atoms with E-state index in [1.165, 1.54) is 19.2 Å². The van der Waals surface area contributed by atoms with Crippen LogP contribution in [-0.4, -0.2) is 49.1 Å². The standard InChI is InChI=1S/C16H23N3O5/c1-4-24-14-8-12(19(21)22)11(7-13(14)23-3)15(20)18-6-5-16(2,9-17)10-18/h7-8H,4-6,9-10,17H2,1-3H3. The number of nitrogens with two attached hydrogens (primary N) is 1. The Morgan fingerprint density at radius 1 is 1.46 bits per heavy atom. The molecule has 1 aliphatic rings. The molecule has 1 fully saturated rings. The molecule has 24 heavy (non-hydrogen) atoms. The molecule has 1 aliphatic heterocycles. The van der Waals surface area contributed by atoms with E-state index < -0.39 is 4.92 Å². The lowest BCUT2D eigenvalue weighted by Gasteiger charge is -2.22. The fraction of sp³-hybridized carbons (Fsp3) is 0.562. The van der Waals surface area contributed by atoms with Crippen LogP contribution in [0.4, 0.5) is 5.69 Å². The van der Waals surface area contributed by atoms with E-state index >= 15 is 0 Å². The fourth-order valence-electron chi connectivity index (χ4n) is 2.83. The van der Waals surface area contributed by atoms with Crippen LogP contribution in [0.3, 0.4) is 0 Å². The second-order valence-corrected chi connectivity index (χ2v) is 6.20. The van der Waals surface area contributed by atoms with E-state index in [9.17, 15) is 14.9 Å². The van der Waals surface area contributed by atoms with E-state index in [4.69, 9.17) is 15.2 Å². The first-order chi connectivity index (χ1) is 11.3. The van der Waals surface area contributed by atoms with Gasteiger partial charge in [-0.2, -0.15) is 0 Å².